The van der Waals surface area contributed by atoms with Gasteiger partial charge in [0.25, 0.3) is 0 Å². The average Bonchev–Trinajstić information content (AvgIpc) is 2.79. The third-order valence-corrected chi connectivity index (χ3v) is 5.51. The highest BCUT2D eigenvalue weighted by Gasteiger charge is 1.96. The Hall–Kier alpha value is -2.52. The summed E-state index contributed by atoms with van der Waals surface area (Å²) in [5, 5.41) is 0. The third kappa shape index (κ3) is 10.3. The predicted octanol–water partition coefficient (Wildman–Crippen LogP) is 8.44. The molecule has 0 heterocycles. The molecule has 0 unspecified atom stereocenters. The standard InChI is InChI=1S/C30H38/c1-3-5-7-9-11-13-15-27-17-21-29(22-18-27)25-26-30-23-19-28(20-24-30)16-14-12-10-8-6-4-2/h3-4,17-24H,1-2,5-16H2. The fourth-order valence-electron chi connectivity index (χ4n) is 3.60. The molecule has 0 radical (unpaired) electrons. The lowest BCUT2D eigenvalue weighted by Gasteiger charge is -2.02. The number of benzene rings is 2. The number of hydrogen-bond acceptors (Lipinski definition) is 0. The zero-order chi connectivity index (χ0) is 21.3. The molecule has 0 N–H and O–H groups in total. The third-order valence-electron chi connectivity index (χ3n) is 5.51. The van der Waals surface area contributed by atoms with E-state index in [0.717, 1.165) is 36.8 Å². The Morgan fingerprint density at radius 3 is 1.23 bits per heavy atom. The number of aryl methyl sites for hydroxylation is 2. The Balaban J connectivity index is 1.72. The van der Waals surface area contributed by atoms with E-state index in [-0.39, 0.29) is 0 Å². The largest absolute Gasteiger partial charge is 0.103 e. The van der Waals surface area contributed by atoms with Gasteiger partial charge in [-0.2, -0.15) is 0 Å². The minimum atomic E-state index is 1.09. The maximum absolute atomic E-state index is 3.78. The monoisotopic (exact) mass is 398 g/mol. The second kappa shape index (κ2) is 15.3. The normalized spacial score (nSPS) is 10.3. The van der Waals surface area contributed by atoms with Crippen molar-refractivity contribution in [1.82, 2.24) is 0 Å². The molecule has 0 saturated carbocycles. The van der Waals surface area contributed by atoms with Crippen molar-refractivity contribution in [3.63, 3.8) is 0 Å². The number of rotatable bonds is 14. The fraction of sp³-hybridized carbons (Fsp3) is 0.400. The summed E-state index contributed by atoms with van der Waals surface area (Å²) in [5.41, 5.74) is 5.01. The molecule has 0 aliphatic rings. The average molecular weight is 399 g/mol. The van der Waals surface area contributed by atoms with Gasteiger partial charge in [0.15, 0.2) is 0 Å². The van der Waals surface area contributed by atoms with E-state index in [1.165, 1.54) is 62.5 Å². The molecular weight excluding hydrogens is 360 g/mol. The van der Waals surface area contributed by atoms with Crippen molar-refractivity contribution < 1.29 is 0 Å². The van der Waals surface area contributed by atoms with Crippen LogP contribution in [0.3, 0.4) is 0 Å². The molecule has 0 aliphatic heterocycles. The first-order chi connectivity index (χ1) is 14.8. The second-order valence-electron chi connectivity index (χ2n) is 8.13. The Morgan fingerprint density at radius 2 is 0.867 bits per heavy atom. The lowest BCUT2D eigenvalue weighted by atomic mass is 10.0. The quantitative estimate of drug-likeness (QED) is 0.170. The summed E-state index contributed by atoms with van der Waals surface area (Å²) in [6.07, 6.45) is 19.0. The Morgan fingerprint density at radius 1 is 0.500 bits per heavy atom. The molecule has 0 fully saturated rings. The maximum atomic E-state index is 3.78. The molecule has 2 aromatic carbocycles. The van der Waals surface area contributed by atoms with Gasteiger partial charge in [0.2, 0.25) is 0 Å². The van der Waals surface area contributed by atoms with Crippen LogP contribution in [-0.2, 0) is 12.8 Å². The molecule has 0 amide bonds. The van der Waals surface area contributed by atoms with Crippen LogP contribution in [-0.4, -0.2) is 0 Å². The highest BCUT2D eigenvalue weighted by Crippen LogP contribution is 2.12. The molecule has 0 heteroatoms. The highest BCUT2D eigenvalue weighted by atomic mass is 14.0. The van der Waals surface area contributed by atoms with Crippen LogP contribution in [0.15, 0.2) is 73.8 Å². The maximum Gasteiger partial charge on any atom is 0.0249 e. The van der Waals surface area contributed by atoms with Gasteiger partial charge in [-0.15, -0.1) is 13.2 Å². The summed E-state index contributed by atoms with van der Waals surface area (Å²) in [4.78, 5) is 0. The number of hydrogen-bond donors (Lipinski definition) is 0. The van der Waals surface area contributed by atoms with Gasteiger partial charge in [-0.25, -0.2) is 0 Å². The Kier molecular flexibility index (Phi) is 12.1. The van der Waals surface area contributed by atoms with Crippen molar-refractivity contribution in [2.75, 3.05) is 0 Å². The van der Waals surface area contributed by atoms with Crippen LogP contribution in [0.2, 0.25) is 0 Å². The van der Waals surface area contributed by atoms with Gasteiger partial charge in [0, 0.05) is 11.1 Å². The van der Waals surface area contributed by atoms with E-state index < -0.39 is 0 Å². The summed E-state index contributed by atoms with van der Waals surface area (Å²) in [6, 6.07) is 17.5. The van der Waals surface area contributed by atoms with Gasteiger partial charge >= 0.3 is 0 Å². The van der Waals surface area contributed by atoms with E-state index in [1.54, 1.807) is 0 Å². The van der Waals surface area contributed by atoms with Crippen molar-refractivity contribution in [3.05, 3.63) is 96.1 Å². The molecule has 0 saturated heterocycles. The number of unbranched alkanes of at least 4 members (excludes halogenated alkanes) is 8. The molecule has 0 bridgehead atoms. The molecule has 0 aromatic heterocycles. The van der Waals surface area contributed by atoms with Gasteiger partial charge in [0.05, 0.1) is 0 Å². The van der Waals surface area contributed by atoms with Crippen LogP contribution in [0.1, 0.15) is 86.5 Å². The summed E-state index contributed by atoms with van der Waals surface area (Å²) >= 11 is 0. The van der Waals surface area contributed by atoms with Crippen molar-refractivity contribution in [2.24, 2.45) is 0 Å². The summed E-state index contributed by atoms with van der Waals surface area (Å²) in [7, 11) is 0. The lowest BCUT2D eigenvalue weighted by Crippen LogP contribution is -1.87. The SMILES string of the molecule is C=CCCCCCCc1ccc(C#Cc2ccc(CCCCCCC=C)cc2)cc1. The first-order valence-electron chi connectivity index (χ1n) is 11.7. The van der Waals surface area contributed by atoms with E-state index in [4.69, 9.17) is 0 Å². The van der Waals surface area contributed by atoms with E-state index in [1.807, 2.05) is 12.2 Å². The van der Waals surface area contributed by atoms with Crippen LogP contribution in [0, 0.1) is 11.8 Å². The van der Waals surface area contributed by atoms with Gasteiger partial charge < -0.3 is 0 Å². The lowest BCUT2D eigenvalue weighted by molar-refractivity contribution is 0.646. The Labute approximate surface area is 185 Å². The van der Waals surface area contributed by atoms with Gasteiger partial charge in [0.1, 0.15) is 0 Å². The molecule has 2 aromatic rings. The minimum absolute atomic E-state index is 1.09. The zero-order valence-electron chi connectivity index (χ0n) is 18.7. The van der Waals surface area contributed by atoms with Gasteiger partial charge in [-0.3, -0.25) is 0 Å². The Bertz CT molecular complexity index is 713. The molecule has 158 valence electrons. The van der Waals surface area contributed by atoms with Crippen molar-refractivity contribution in [1.29, 1.82) is 0 Å². The first kappa shape index (κ1) is 23.8. The van der Waals surface area contributed by atoms with E-state index in [0.29, 0.717) is 0 Å². The molecular formula is C30H38. The molecule has 0 aliphatic carbocycles. The minimum Gasteiger partial charge on any atom is -0.103 e. The van der Waals surface area contributed by atoms with Crippen LogP contribution in [0.5, 0.6) is 0 Å². The van der Waals surface area contributed by atoms with Gasteiger partial charge in [-0.05, 0) is 86.8 Å². The topological polar surface area (TPSA) is 0 Å². The second-order valence-corrected chi connectivity index (χ2v) is 8.13. The molecule has 0 spiro atoms. The van der Waals surface area contributed by atoms with Crippen molar-refractivity contribution in [2.45, 2.75) is 77.0 Å². The van der Waals surface area contributed by atoms with Crippen LogP contribution in [0.4, 0.5) is 0 Å². The smallest absolute Gasteiger partial charge is 0.0249 e. The van der Waals surface area contributed by atoms with Crippen molar-refractivity contribution >= 4 is 0 Å². The number of allylic oxidation sites excluding steroid dienone is 2. The van der Waals surface area contributed by atoms with Gasteiger partial charge in [-0.1, -0.05) is 73.9 Å². The van der Waals surface area contributed by atoms with Crippen LogP contribution in [0.25, 0.3) is 0 Å². The summed E-state index contributed by atoms with van der Waals surface area (Å²) in [6.45, 7) is 7.56. The molecule has 2 rings (SSSR count). The van der Waals surface area contributed by atoms with Crippen LogP contribution < -0.4 is 0 Å². The molecule has 0 nitrogen and oxygen atoms in total. The van der Waals surface area contributed by atoms with E-state index >= 15 is 0 Å². The van der Waals surface area contributed by atoms with Crippen molar-refractivity contribution in [3.8, 4) is 11.8 Å². The summed E-state index contributed by atoms with van der Waals surface area (Å²) < 4.78 is 0. The summed E-state index contributed by atoms with van der Waals surface area (Å²) in [5.74, 6) is 6.60. The fourth-order valence-corrected chi connectivity index (χ4v) is 3.60. The molecule has 0 atom stereocenters. The molecule has 30 heavy (non-hydrogen) atoms. The zero-order valence-corrected chi connectivity index (χ0v) is 18.7. The highest BCUT2D eigenvalue weighted by molar-refractivity contribution is 5.44. The van der Waals surface area contributed by atoms with E-state index in [2.05, 4.69) is 73.5 Å². The first-order valence-corrected chi connectivity index (χ1v) is 11.7. The van der Waals surface area contributed by atoms with Crippen LogP contribution >= 0.6 is 0 Å². The van der Waals surface area contributed by atoms with E-state index in [9.17, 15) is 0 Å². The predicted molar refractivity (Wildman–Crippen MR) is 133 cm³/mol.